The highest BCUT2D eigenvalue weighted by molar-refractivity contribution is 6.07. The molecule has 0 atom stereocenters. The van der Waals surface area contributed by atoms with Gasteiger partial charge in [0, 0.05) is 35.6 Å². The van der Waals surface area contributed by atoms with Gasteiger partial charge in [0.05, 0.1) is 6.34 Å². The van der Waals surface area contributed by atoms with Gasteiger partial charge in [0.1, 0.15) is 0 Å². The number of aliphatic imine (C=N–C) groups is 2. The second kappa shape index (κ2) is 12.5. The molecular weight excluding hydrogens is 442 g/mol. The van der Waals surface area contributed by atoms with E-state index in [1.54, 1.807) is 24.3 Å². The molecule has 35 heavy (non-hydrogen) atoms. The molecule has 0 spiro atoms. The minimum absolute atomic E-state index is 0.0664. The average Bonchev–Trinajstić information content (AvgIpc) is 2.86. The zero-order valence-corrected chi connectivity index (χ0v) is 19.3. The lowest BCUT2D eigenvalue weighted by Crippen LogP contribution is -2.23. The molecule has 3 aromatic rings. The Bertz CT molecular complexity index is 1180. The van der Waals surface area contributed by atoms with Crippen molar-refractivity contribution in [2.75, 3.05) is 23.7 Å². The first-order chi connectivity index (χ1) is 16.9. The molecule has 2 amide bonds. The third-order valence-corrected chi connectivity index (χ3v) is 5.16. The van der Waals surface area contributed by atoms with Gasteiger partial charge >= 0.3 is 0 Å². The largest absolute Gasteiger partial charge is 0.390 e. The SMILES string of the molecule is NC=NCCc1ccc(NC(=O)c2ccc(C(=O)Nc3ccc(CCN=C(N)N)cc3)cc2)cc1. The van der Waals surface area contributed by atoms with Crippen LogP contribution in [0.5, 0.6) is 0 Å². The molecule has 3 aromatic carbocycles. The Morgan fingerprint density at radius 2 is 1.11 bits per heavy atom. The van der Waals surface area contributed by atoms with Crippen LogP contribution in [0.25, 0.3) is 0 Å². The summed E-state index contributed by atoms with van der Waals surface area (Å²) < 4.78 is 0. The lowest BCUT2D eigenvalue weighted by molar-refractivity contribution is 0.101. The molecule has 0 aliphatic carbocycles. The molecule has 0 radical (unpaired) electrons. The highest BCUT2D eigenvalue weighted by Gasteiger charge is 2.10. The minimum atomic E-state index is -0.264. The van der Waals surface area contributed by atoms with Crippen molar-refractivity contribution in [3.63, 3.8) is 0 Å². The summed E-state index contributed by atoms with van der Waals surface area (Å²) in [6.07, 6.45) is 2.76. The number of anilines is 2. The number of benzene rings is 3. The van der Waals surface area contributed by atoms with Gasteiger partial charge in [-0.05, 0) is 72.5 Å². The molecule has 0 fully saturated rings. The van der Waals surface area contributed by atoms with E-state index < -0.39 is 0 Å². The fourth-order valence-electron chi connectivity index (χ4n) is 3.27. The third-order valence-electron chi connectivity index (χ3n) is 5.16. The first kappa shape index (κ1) is 25.0. The predicted octanol–water partition coefficient (Wildman–Crippen LogP) is 2.54. The van der Waals surface area contributed by atoms with Gasteiger partial charge in [-0.15, -0.1) is 0 Å². The molecular formula is C26H29N7O2. The number of hydrogen-bond donors (Lipinski definition) is 5. The maximum atomic E-state index is 12.6. The zero-order valence-electron chi connectivity index (χ0n) is 19.3. The van der Waals surface area contributed by atoms with Crippen molar-refractivity contribution in [3.05, 3.63) is 95.1 Å². The maximum absolute atomic E-state index is 12.6. The van der Waals surface area contributed by atoms with Crippen LogP contribution in [0.3, 0.4) is 0 Å². The van der Waals surface area contributed by atoms with Crippen molar-refractivity contribution in [3.8, 4) is 0 Å². The van der Waals surface area contributed by atoms with E-state index in [4.69, 9.17) is 17.2 Å². The molecule has 0 unspecified atom stereocenters. The van der Waals surface area contributed by atoms with Crippen LogP contribution in [0, 0.1) is 0 Å². The summed E-state index contributed by atoms with van der Waals surface area (Å²) >= 11 is 0. The van der Waals surface area contributed by atoms with Crippen LogP contribution < -0.4 is 27.8 Å². The molecule has 0 aliphatic rings. The number of nitrogens with one attached hydrogen (secondary N) is 2. The van der Waals surface area contributed by atoms with Crippen molar-refractivity contribution in [2.45, 2.75) is 12.8 Å². The molecule has 0 aromatic heterocycles. The Balaban J connectivity index is 1.52. The van der Waals surface area contributed by atoms with Gasteiger partial charge in [-0.25, -0.2) is 0 Å². The molecule has 0 bridgehead atoms. The number of rotatable bonds is 10. The van der Waals surface area contributed by atoms with Gasteiger partial charge in [0.15, 0.2) is 5.96 Å². The topological polar surface area (TPSA) is 161 Å². The Labute approximate surface area is 204 Å². The van der Waals surface area contributed by atoms with Crippen molar-refractivity contribution in [1.82, 2.24) is 0 Å². The van der Waals surface area contributed by atoms with E-state index in [0.29, 0.717) is 42.0 Å². The number of amides is 2. The molecule has 9 nitrogen and oxygen atoms in total. The van der Waals surface area contributed by atoms with Gasteiger partial charge in [0.25, 0.3) is 11.8 Å². The van der Waals surface area contributed by atoms with Crippen molar-refractivity contribution in [2.24, 2.45) is 27.2 Å². The van der Waals surface area contributed by atoms with Crippen molar-refractivity contribution in [1.29, 1.82) is 0 Å². The van der Waals surface area contributed by atoms with E-state index in [9.17, 15) is 9.59 Å². The summed E-state index contributed by atoms with van der Waals surface area (Å²) in [5.41, 5.74) is 20.3. The van der Waals surface area contributed by atoms with Crippen LogP contribution in [-0.2, 0) is 12.8 Å². The Morgan fingerprint density at radius 1 is 0.686 bits per heavy atom. The number of nitrogens with zero attached hydrogens (tertiary/aromatic N) is 2. The first-order valence-corrected chi connectivity index (χ1v) is 11.1. The van der Waals surface area contributed by atoms with Gasteiger partial charge in [-0.2, -0.15) is 0 Å². The monoisotopic (exact) mass is 471 g/mol. The molecule has 3 rings (SSSR count). The highest BCUT2D eigenvalue weighted by Crippen LogP contribution is 2.15. The summed E-state index contributed by atoms with van der Waals surface area (Å²) in [6, 6.07) is 21.5. The first-order valence-electron chi connectivity index (χ1n) is 11.1. The normalized spacial score (nSPS) is 10.6. The smallest absolute Gasteiger partial charge is 0.255 e. The summed E-state index contributed by atoms with van der Waals surface area (Å²) in [4.78, 5) is 33.1. The number of guanidine groups is 1. The zero-order chi connectivity index (χ0) is 25.0. The summed E-state index contributed by atoms with van der Waals surface area (Å²) in [6.45, 7) is 1.12. The summed E-state index contributed by atoms with van der Waals surface area (Å²) in [7, 11) is 0. The van der Waals surface area contributed by atoms with E-state index in [-0.39, 0.29) is 17.8 Å². The molecule has 8 N–H and O–H groups in total. The second-order valence-electron chi connectivity index (χ2n) is 7.74. The standard InChI is InChI=1S/C26H29N7O2/c27-17-30-15-13-18-1-9-22(10-2-18)32-24(34)20-5-7-21(8-6-20)25(35)33-23-11-3-19(4-12-23)14-16-31-26(28)29/h1-12,17H,13-16H2,(H2,27,30)(H,32,34)(H,33,35)(H4,28,29,31). The van der Waals surface area contributed by atoms with E-state index >= 15 is 0 Å². The van der Waals surface area contributed by atoms with Crippen molar-refractivity contribution < 1.29 is 9.59 Å². The molecule has 0 aliphatic heterocycles. The van der Waals surface area contributed by atoms with Crippen molar-refractivity contribution >= 4 is 35.5 Å². The van der Waals surface area contributed by atoms with Gasteiger partial charge in [-0.3, -0.25) is 19.6 Å². The van der Waals surface area contributed by atoms with Crippen LogP contribution in [-0.4, -0.2) is 37.2 Å². The average molecular weight is 472 g/mol. The van der Waals surface area contributed by atoms with E-state index in [1.165, 1.54) is 6.34 Å². The van der Waals surface area contributed by atoms with Crippen LogP contribution in [0.4, 0.5) is 11.4 Å². The van der Waals surface area contributed by atoms with Crippen LogP contribution >= 0.6 is 0 Å². The highest BCUT2D eigenvalue weighted by atomic mass is 16.2. The summed E-state index contributed by atoms with van der Waals surface area (Å²) in [5, 5.41) is 5.71. The van der Waals surface area contributed by atoms with Crippen LogP contribution in [0.1, 0.15) is 31.8 Å². The van der Waals surface area contributed by atoms with Crippen LogP contribution in [0.2, 0.25) is 0 Å². The van der Waals surface area contributed by atoms with Gasteiger partial charge < -0.3 is 27.8 Å². The lowest BCUT2D eigenvalue weighted by atomic mass is 10.1. The lowest BCUT2D eigenvalue weighted by Gasteiger charge is -2.09. The number of carbonyl (C=O) groups is 2. The fourth-order valence-corrected chi connectivity index (χ4v) is 3.27. The third kappa shape index (κ3) is 8.01. The van der Waals surface area contributed by atoms with E-state index in [1.807, 2.05) is 48.5 Å². The fraction of sp³-hybridized carbons (Fsp3) is 0.154. The number of carbonyl (C=O) groups excluding carboxylic acids is 2. The van der Waals surface area contributed by atoms with E-state index in [2.05, 4.69) is 20.6 Å². The molecule has 0 saturated heterocycles. The summed E-state index contributed by atoms with van der Waals surface area (Å²) in [5.74, 6) is -0.453. The Morgan fingerprint density at radius 3 is 1.51 bits per heavy atom. The predicted molar refractivity (Wildman–Crippen MR) is 141 cm³/mol. The molecule has 180 valence electrons. The maximum Gasteiger partial charge on any atom is 0.255 e. The number of nitrogens with two attached hydrogens (primary N) is 3. The molecule has 0 saturated carbocycles. The van der Waals surface area contributed by atoms with E-state index in [0.717, 1.165) is 17.5 Å². The van der Waals surface area contributed by atoms with Gasteiger partial charge in [0.2, 0.25) is 0 Å². The second-order valence-corrected chi connectivity index (χ2v) is 7.74. The quantitative estimate of drug-likeness (QED) is 0.226. The van der Waals surface area contributed by atoms with Crippen LogP contribution in [0.15, 0.2) is 82.8 Å². The Kier molecular flexibility index (Phi) is 8.95. The molecule has 0 heterocycles. The van der Waals surface area contributed by atoms with Gasteiger partial charge in [-0.1, -0.05) is 24.3 Å². The minimum Gasteiger partial charge on any atom is -0.390 e. The number of hydrogen-bond acceptors (Lipinski definition) is 4. The Hall–Kier alpha value is -4.66. The molecule has 9 heteroatoms.